The van der Waals surface area contributed by atoms with Gasteiger partial charge in [0.1, 0.15) is 0 Å². The van der Waals surface area contributed by atoms with Gasteiger partial charge in [0.25, 0.3) is 0 Å². The number of nitrogens with one attached hydrogen (secondary N) is 1. The molecule has 16 heavy (non-hydrogen) atoms. The summed E-state index contributed by atoms with van der Waals surface area (Å²) in [7, 11) is 0. The zero-order chi connectivity index (χ0) is 11.5. The Morgan fingerprint density at radius 1 is 1.25 bits per heavy atom. The van der Waals surface area contributed by atoms with Crippen molar-refractivity contribution in [3.63, 3.8) is 0 Å². The highest BCUT2D eigenvalue weighted by Crippen LogP contribution is 2.30. The molecule has 0 bridgehead atoms. The first kappa shape index (κ1) is 11.4. The van der Waals surface area contributed by atoms with Gasteiger partial charge in [-0.15, -0.1) is 0 Å². The summed E-state index contributed by atoms with van der Waals surface area (Å²) < 4.78 is 4.99. The zero-order valence-corrected chi connectivity index (χ0v) is 9.15. The van der Waals surface area contributed by atoms with Gasteiger partial charge in [0.15, 0.2) is 0 Å². The lowest BCUT2D eigenvalue weighted by molar-refractivity contribution is -0.148. The minimum atomic E-state index is -0.845. The molecule has 0 aromatic rings. The molecule has 3 atom stereocenters. The van der Waals surface area contributed by atoms with Crippen LogP contribution in [0, 0.1) is 11.8 Å². The van der Waals surface area contributed by atoms with E-state index in [1.54, 1.807) is 0 Å². The van der Waals surface area contributed by atoms with Crippen LogP contribution in [0.1, 0.15) is 25.7 Å². The van der Waals surface area contributed by atoms with Crippen LogP contribution in [0.2, 0.25) is 0 Å². The van der Waals surface area contributed by atoms with Crippen LogP contribution in [0.15, 0.2) is 0 Å². The summed E-state index contributed by atoms with van der Waals surface area (Å²) in [6.45, 7) is 1.22. The maximum absolute atomic E-state index is 11.8. The first-order valence-corrected chi connectivity index (χ1v) is 5.80. The topological polar surface area (TPSA) is 78.9 Å². The fourth-order valence-corrected chi connectivity index (χ4v) is 2.27. The van der Waals surface area contributed by atoms with E-state index in [0.29, 0.717) is 26.0 Å². The van der Waals surface area contributed by atoms with Gasteiger partial charge in [-0.05, 0) is 12.8 Å². The number of epoxide rings is 1. The molecule has 5 heteroatoms. The second kappa shape index (κ2) is 4.82. The highest BCUT2D eigenvalue weighted by Gasteiger charge is 2.36. The number of carbonyl (C=O) groups is 2. The standard InChI is InChI=1S/C11H17NO4/c13-10(12-5-7-6-16-7)8-3-1-2-4-9(8)11(14)15/h7-9H,1-6H2,(H,12,13)(H,14,15)/t7-,8+,9+/m1/s1. The maximum atomic E-state index is 11.8. The number of ether oxygens (including phenoxy) is 1. The number of hydrogen-bond donors (Lipinski definition) is 2. The smallest absolute Gasteiger partial charge is 0.307 e. The summed E-state index contributed by atoms with van der Waals surface area (Å²) in [4.78, 5) is 22.8. The molecule has 1 saturated carbocycles. The average Bonchev–Trinajstić information content (AvgIpc) is 3.09. The molecule has 1 aliphatic carbocycles. The van der Waals surface area contributed by atoms with Gasteiger partial charge in [-0.1, -0.05) is 12.8 Å². The normalized spacial score (nSPS) is 33.1. The van der Waals surface area contributed by atoms with Gasteiger partial charge in [0, 0.05) is 6.54 Å². The molecule has 0 aromatic heterocycles. The van der Waals surface area contributed by atoms with E-state index in [0.717, 1.165) is 12.8 Å². The Hall–Kier alpha value is -1.10. The Kier molecular flexibility index (Phi) is 3.43. The molecule has 0 aromatic carbocycles. The molecular formula is C11H17NO4. The van der Waals surface area contributed by atoms with Crippen molar-refractivity contribution in [2.75, 3.05) is 13.2 Å². The molecule has 2 N–H and O–H groups in total. The van der Waals surface area contributed by atoms with Crippen molar-refractivity contribution in [3.8, 4) is 0 Å². The Bertz CT molecular complexity index is 288. The number of aliphatic carboxylic acids is 1. The van der Waals surface area contributed by atoms with E-state index in [4.69, 9.17) is 9.84 Å². The van der Waals surface area contributed by atoms with Crippen LogP contribution in [0.25, 0.3) is 0 Å². The third-order valence-corrected chi connectivity index (χ3v) is 3.33. The van der Waals surface area contributed by atoms with E-state index in [-0.39, 0.29) is 17.9 Å². The van der Waals surface area contributed by atoms with Gasteiger partial charge >= 0.3 is 5.97 Å². The third kappa shape index (κ3) is 2.72. The van der Waals surface area contributed by atoms with Crippen molar-refractivity contribution in [1.82, 2.24) is 5.32 Å². The SMILES string of the molecule is O=C(O)[C@H]1CCCC[C@@H]1C(=O)NC[C@@H]1CO1. The van der Waals surface area contributed by atoms with E-state index >= 15 is 0 Å². The predicted octanol–water partition coefficient (Wildman–Crippen LogP) is 0.392. The van der Waals surface area contributed by atoms with Gasteiger partial charge in [0.2, 0.25) is 5.91 Å². The molecule has 2 aliphatic rings. The van der Waals surface area contributed by atoms with Crippen LogP contribution in [0.4, 0.5) is 0 Å². The summed E-state index contributed by atoms with van der Waals surface area (Å²) in [5.74, 6) is -1.83. The fourth-order valence-electron chi connectivity index (χ4n) is 2.27. The number of carboxylic acids is 1. The van der Waals surface area contributed by atoms with Crippen LogP contribution < -0.4 is 5.32 Å². The van der Waals surface area contributed by atoms with Crippen molar-refractivity contribution in [1.29, 1.82) is 0 Å². The van der Waals surface area contributed by atoms with Gasteiger partial charge < -0.3 is 15.2 Å². The van der Waals surface area contributed by atoms with E-state index in [9.17, 15) is 9.59 Å². The van der Waals surface area contributed by atoms with Crippen molar-refractivity contribution in [2.24, 2.45) is 11.8 Å². The molecule has 2 rings (SSSR count). The lowest BCUT2D eigenvalue weighted by Gasteiger charge is -2.27. The molecule has 1 heterocycles. The molecule has 90 valence electrons. The molecule has 1 amide bonds. The Labute approximate surface area is 94.2 Å². The number of amides is 1. The minimum absolute atomic E-state index is 0.123. The maximum Gasteiger partial charge on any atom is 0.307 e. The van der Waals surface area contributed by atoms with Crippen molar-refractivity contribution < 1.29 is 19.4 Å². The fraction of sp³-hybridized carbons (Fsp3) is 0.818. The summed E-state index contributed by atoms with van der Waals surface area (Å²) in [6.07, 6.45) is 3.31. The number of carboxylic acid groups (broad SMARTS) is 1. The van der Waals surface area contributed by atoms with Crippen LogP contribution >= 0.6 is 0 Å². The molecule has 0 unspecified atom stereocenters. The minimum Gasteiger partial charge on any atom is -0.481 e. The van der Waals surface area contributed by atoms with Crippen molar-refractivity contribution in [3.05, 3.63) is 0 Å². The van der Waals surface area contributed by atoms with E-state index in [1.807, 2.05) is 0 Å². The van der Waals surface area contributed by atoms with Gasteiger partial charge in [-0.2, -0.15) is 0 Å². The van der Waals surface area contributed by atoms with Gasteiger partial charge in [0.05, 0.1) is 24.5 Å². The van der Waals surface area contributed by atoms with Crippen LogP contribution in [0.3, 0.4) is 0 Å². The average molecular weight is 227 g/mol. The van der Waals surface area contributed by atoms with Crippen LogP contribution in [-0.4, -0.2) is 36.2 Å². The van der Waals surface area contributed by atoms with Crippen molar-refractivity contribution in [2.45, 2.75) is 31.8 Å². The largest absolute Gasteiger partial charge is 0.481 e. The number of rotatable bonds is 4. The Morgan fingerprint density at radius 2 is 1.88 bits per heavy atom. The molecule has 0 spiro atoms. The zero-order valence-electron chi connectivity index (χ0n) is 9.15. The van der Waals surface area contributed by atoms with Crippen molar-refractivity contribution >= 4 is 11.9 Å². The third-order valence-electron chi connectivity index (χ3n) is 3.33. The molecule has 1 aliphatic heterocycles. The second-order valence-corrected chi connectivity index (χ2v) is 4.54. The Balaban J connectivity index is 1.87. The number of hydrogen-bond acceptors (Lipinski definition) is 3. The van der Waals surface area contributed by atoms with Gasteiger partial charge in [-0.25, -0.2) is 0 Å². The monoisotopic (exact) mass is 227 g/mol. The van der Waals surface area contributed by atoms with E-state index < -0.39 is 11.9 Å². The molecule has 1 saturated heterocycles. The van der Waals surface area contributed by atoms with Crippen LogP contribution in [0.5, 0.6) is 0 Å². The van der Waals surface area contributed by atoms with E-state index in [1.165, 1.54) is 0 Å². The van der Waals surface area contributed by atoms with Gasteiger partial charge in [-0.3, -0.25) is 9.59 Å². The first-order valence-electron chi connectivity index (χ1n) is 5.80. The molecule has 0 radical (unpaired) electrons. The molecule has 5 nitrogen and oxygen atoms in total. The highest BCUT2D eigenvalue weighted by molar-refractivity contribution is 5.84. The quantitative estimate of drug-likeness (QED) is 0.681. The van der Waals surface area contributed by atoms with E-state index in [2.05, 4.69) is 5.32 Å². The second-order valence-electron chi connectivity index (χ2n) is 4.54. The first-order chi connectivity index (χ1) is 7.68. The lowest BCUT2D eigenvalue weighted by atomic mass is 9.79. The Morgan fingerprint density at radius 3 is 2.44 bits per heavy atom. The van der Waals surface area contributed by atoms with Crippen LogP contribution in [-0.2, 0) is 14.3 Å². The molecular weight excluding hydrogens is 210 g/mol. The lowest BCUT2D eigenvalue weighted by Crippen LogP contribution is -2.40. The summed E-state index contributed by atoms with van der Waals surface area (Å²) in [6, 6.07) is 0. The summed E-state index contributed by atoms with van der Waals surface area (Å²) in [5, 5.41) is 11.8. The summed E-state index contributed by atoms with van der Waals surface area (Å²) >= 11 is 0. The molecule has 2 fully saturated rings. The predicted molar refractivity (Wildman–Crippen MR) is 55.8 cm³/mol. The number of carbonyl (C=O) groups excluding carboxylic acids is 1. The highest BCUT2D eigenvalue weighted by atomic mass is 16.6. The summed E-state index contributed by atoms with van der Waals surface area (Å²) in [5.41, 5.74) is 0.